The maximum atomic E-state index is 12.3. The van der Waals surface area contributed by atoms with Gasteiger partial charge in [-0.3, -0.25) is 4.79 Å². The van der Waals surface area contributed by atoms with Crippen LogP contribution in [-0.4, -0.2) is 13.0 Å². The molecule has 4 nitrogen and oxygen atoms in total. The van der Waals surface area contributed by atoms with E-state index in [0.717, 1.165) is 0 Å². The van der Waals surface area contributed by atoms with Crippen LogP contribution in [0.5, 0.6) is 5.75 Å². The standard InChI is InChI=1S/C14H12BrClN2O2/c1-20-13-5-2-8(16)6-10(13)14(19)18-12-4-3-9(17)7-11(12)15/h2-7H,17H2,1H3,(H,18,19). The molecular formula is C14H12BrClN2O2. The highest BCUT2D eigenvalue weighted by Crippen LogP contribution is 2.27. The van der Waals surface area contributed by atoms with Crippen LogP contribution in [0.15, 0.2) is 40.9 Å². The second-order valence-corrected chi connectivity index (χ2v) is 5.33. The summed E-state index contributed by atoms with van der Waals surface area (Å²) < 4.78 is 5.86. The van der Waals surface area contributed by atoms with Crippen molar-refractivity contribution in [2.24, 2.45) is 0 Å². The summed E-state index contributed by atoms with van der Waals surface area (Å²) in [6.07, 6.45) is 0. The van der Waals surface area contributed by atoms with Crippen LogP contribution < -0.4 is 15.8 Å². The van der Waals surface area contributed by atoms with Crippen molar-refractivity contribution in [3.63, 3.8) is 0 Å². The average Bonchev–Trinajstić information content (AvgIpc) is 2.41. The number of hydrogen-bond acceptors (Lipinski definition) is 3. The molecule has 0 unspecified atom stereocenters. The second kappa shape index (κ2) is 6.15. The molecule has 2 aromatic rings. The lowest BCUT2D eigenvalue weighted by Crippen LogP contribution is -2.13. The number of nitrogens with two attached hydrogens (primary N) is 1. The topological polar surface area (TPSA) is 64.3 Å². The lowest BCUT2D eigenvalue weighted by Gasteiger charge is -2.11. The van der Waals surface area contributed by atoms with Gasteiger partial charge in [0.1, 0.15) is 5.75 Å². The van der Waals surface area contributed by atoms with Gasteiger partial charge in [0.25, 0.3) is 5.91 Å². The molecule has 3 N–H and O–H groups in total. The Kier molecular flexibility index (Phi) is 4.52. The maximum absolute atomic E-state index is 12.3. The summed E-state index contributed by atoms with van der Waals surface area (Å²) in [5.74, 6) is 0.147. The number of nitrogens with one attached hydrogen (secondary N) is 1. The largest absolute Gasteiger partial charge is 0.496 e. The Bertz CT molecular complexity index is 662. The minimum atomic E-state index is -0.310. The van der Waals surface area contributed by atoms with Crippen LogP contribution in [0.3, 0.4) is 0 Å². The van der Waals surface area contributed by atoms with Crippen LogP contribution in [0.1, 0.15) is 10.4 Å². The summed E-state index contributed by atoms with van der Waals surface area (Å²) in [4.78, 5) is 12.3. The van der Waals surface area contributed by atoms with Crippen molar-refractivity contribution in [1.82, 2.24) is 0 Å². The molecule has 6 heteroatoms. The number of methoxy groups -OCH3 is 1. The molecule has 0 fully saturated rings. The normalized spacial score (nSPS) is 10.2. The molecule has 0 bridgehead atoms. The van der Waals surface area contributed by atoms with Gasteiger partial charge in [0.15, 0.2) is 0 Å². The van der Waals surface area contributed by atoms with E-state index in [0.29, 0.717) is 32.2 Å². The first-order chi connectivity index (χ1) is 9.51. The Morgan fingerprint density at radius 3 is 2.70 bits per heavy atom. The van der Waals surface area contributed by atoms with Gasteiger partial charge in [0, 0.05) is 15.2 Å². The molecule has 0 saturated carbocycles. The van der Waals surface area contributed by atoms with Crippen LogP contribution in [0.4, 0.5) is 11.4 Å². The first kappa shape index (κ1) is 14.7. The van der Waals surface area contributed by atoms with Crippen molar-refractivity contribution in [3.05, 3.63) is 51.5 Å². The number of carbonyl (C=O) groups excluding carboxylic acids is 1. The van der Waals surface area contributed by atoms with Crippen LogP contribution in [0.25, 0.3) is 0 Å². The molecule has 2 rings (SSSR count). The third-order valence-electron chi connectivity index (χ3n) is 2.65. The van der Waals surface area contributed by atoms with Crippen molar-refractivity contribution in [2.75, 3.05) is 18.2 Å². The van der Waals surface area contributed by atoms with Gasteiger partial charge in [-0.05, 0) is 52.3 Å². The number of halogens is 2. The molecule has 20 heavy (non-hydrogen) atoms. The van der Waals surface area contributed by atoms with Crippen LogP contribution in [-0.2, 0) is 0 Å². The molecule has 104 valence electrons. The van der Waals surface area contributed by atoms with Crippen molar-refractivity contribution >= 4 is 44.8 Å². The number of rotatable bonds is 3. The Balaban J connectivity index is 2.30. The molecule has 2 aromatic carbocycles. The van der Waals surface area contributed by atoms with Gasteiger partial charge in [0.05, 0.1) is 18.4 Å². The maximum Gasteiger partial charge on any atom is 0.259 e. The monoisotopic (exact) mass is 354 g/mol. The van der Waals surface area contributed by atoms with E-state index in [1.807, 2.05) is 0 Å². The minimum absolute atomic E-state index is 0.310. The lowest BCUT2D eigenvalue weighted by atomic mass is 10.2. The van der Waals surface area contributed by atoms with Crippen LogP contribution in [0, 0.1) is 0 Å². The van der Waals surface area contributed by atoms with Crippen LogP contribution >= 0.6 is 27.5 Å². The highest BCUT2D eigenvalue weighted by atomic mass is 79.9. The number of ether oxygens (including phenoxy) is 1. The molecule has 0 saturated heterocycles. The average molecular weight is 356 g/mol. The van der Waals surface area contributed by atoms with E-state index in [9.17, 15) is 4.79 Å². The fourth-order valence-corrected chi connectivity index (χ4v) is 2.35. The Morgan fingerprint density at radius 2 is 2.05 bits per heavy atom. The van der Waals surface area contributed by atoms with Crippen molar-refractivity contribution in [1.29, 1.82) is 0 Å². The fourth-order valence-electron chi connectivity index (χ4n) is 1.68. The van der Waals surface area contributed by atoms with Crippen molar-refractivity contribution in [2.45, 2.75) is 0 Å². The molecule has 0 aliphatic carbocycles. The highest BCUT2D eigenvalue weighted by molar-refractivity contribution is 9.10. The zero-order chi connectivity index (χ0) is 14.7. The van der Waals surface area contributed by atoms with E-state index in [4.69, 9.17) is 22.1 Å². The van der Waals surface area contributed by atoms with Crippen molar-refractivity contribution < 1.29 is 9.53 Å². The molecule has 0 aliphatic rings. The number of hydrogen-bond donors (Lipinski definition) is 2. The minimum Gasteiger partial charge on any atom is -0.496 e. The molecule has 0 heterocycles. The summed E-state index contributed by atoms with van der Waals surface area (Å²) >= 11 is 9.26. The lowest BCUT2D eigenvalue weighted by molar-refractivity contribution is 0.102. The van der Waals surface area contributed by atoms with Gasteiger partial charge < -0.3 is 15.8 Å². The molecule has 0 atom stereocenters. The molecule has 0 radical (unpaired) electrons. The first-order valence-electron chi connectivity index (χ1n) is 5.71. The number of anilines is 2. The predicted octanol–water partition coefficient (Wildman–Crippen LogP) is 3.95. The summed E-state index contributed by atoms with van der Waals surface area (Å²) in [5.41, 5.74) is 7.24. The molecule has 0 aromatic heterocycles. The zero-order valence-electron chi connectivity index (χ0n) is 10.6. The van der Waals surface area contributed by atoms with E-state index in [-0.39, 0.29) is 5.91 Å². The summed E-state index contributed by atoms with van der Waals surface area (Å²) in [6, 6.07) is 10.0. The molecular weight excluding hydrogens is 344 g/mol. The molecule has 0 spiro atoms. The van der Waals surface area contributed by atoms with Crippen molar-refractivity contribution in [3.8, 4) is 5.75 Å². The summed E-state index contributed by atoms with van der Waals surface area (Å²) in [5, 5.41) is 3.24. The van der Waals surface area contributed by atoms with Gasteiger partial charge in [-0.25, -0.2) is 0 Å². The van der Waals surface area contributed by atoms with E-state index >= 15 is 0 Å². The Hall–Kier alpha value is -1.72. The Labute approximate surface area is 130 Å². The number of nitrogen functional groups attached to an aromatic ring is 1. The molecule has 1 amide bonds. The third-order valence-corrected chi connectivity index (χ3v) is 3.54. The fraction of sp³-hybridized carbons (Fsp3) is 0.0714. The first-order valence-corrected chi connectivity index (χ1v) is 6.88. The van der Waals surface area contributed by atoms with Gasteiger partial charge in [-0.2, -0.15) is 0 Å². The van der Waals surface area contributed by atoms with E-state index in [1.54, 1.807) is 36.4 Å². The van der Waals surface area contributed by atoms with E-state index in [1.165, 1.54) is 7.11 Å². The highest BCUT2D eigenvalue weighted by Gasteiger charge is 2.14. The van der Waals surface area contributed by atoms with Gasteiger partial charge in [0.2, 0.25) is 0 Å². The van der Waals surface area contributed by atoms with Gasteiger partial charge >= 0.3 is 0 Å². The summed E-state index contributed by atoms with van der Waals surface area (Å²) in [7, 11) is 1.50. The predicted molar refractivity (Wildman–Crippen MR) is 84.5 cm³/mol. The SMILES string of the molecule is COc1ccc(Cl)cc1C(=O)Nc1ccc(N)cc1Br. The number of carbonyl (C=O) groups is 1. The van der Waals surface area contributed by atoms with E-state index < -0.39 is 0 Å². The van der Waals surface area contributed by atoms with Gasteiger partial charge in [-0.1, -0.05) is 11.6 Å². The number of benzene rings is 2. The number of amides is 1. The zero-order valence-corrected chi connectivity index (χ0v) is 13.0. The molecule has 0 aliphatic heterocycles. The van der Waals surface area contributed by atoms with E-state index in [2.05, 4.69) is 21.2 Å². The quantitative estimate of drug-likeness (QED) is 0.820. The smallest absolute Gasteiger partial charge is 0.259 e. The third kappa shape index (κ3) is 3.23. The summed E-state index contributed by atoms with van der Waals surface area (Å²) in [6.45, 7) is 0. The Morgan fingerprint density at radius 1 is 1.30 bits per heavy atom. The second-order valence-electron chi connectivity index (χ2n) is 4.04. The van der Waals surface area contributed by atoms with Crippen LogP contribution in [0.2, 0.25) is 5.02 Å². The van der Waals surface area contributed by atoms with Gasteiger partial charge in [-0.15, -0.1) is 0 Å².